The quantitative estimate of drug-likeness (QED) is 0.522. The van der Waals surface area contributed by atoms with Gasteiger partial charge in [-0.15, -0.1) is 0 Å². The van der Waals surface area contributed by atoms with E-state index in [9.17, 15) is 5.11 Å². The maximum Gasteiger partial charge on any atom is 0.140 e. The van der Waals surface area contributed by atoms with Crippen LogP contribution in [0.4, 0.5) is 0 Å². The van der Waals surface area contributed by atoms with E-state index >= 15 is 0 Å². The highest BCUT2D eigenvalue weighted by Gasteiger charge is 2.31. The number of fused-ring (bicyclic) bond motifs is 2. The molecule has 2 heterocycles. The number of nitriles is 1. The van der Waals surface area contributed by atoms with E-state index in [0.717, 1.165) is 27.5 Å². The lowest BCUT2D eigenvalue weighted by Crippen LogP contribution is -2.06. The first-order chi connectivity index (χ1) is 12.7. The standard InChI is InChI=1S/C21H18N4O/c1-11-8-15(13-3-4-13)18(14-6-7-23-19(11)14)20(26)21-24-16-5-2-12(10-22)9-17(16)25-21/h2,5-9,13,20,23,26H,3-4H2,1H3,(H,24,25). The van der Waals surface area contributed by atoms with Crippen LogP contribution in [0.15, 0.2) is 36.5 Å². The first-order valence-electron chi connectivity index (χ1n) is 8.84. The van der Waals surface area contributed by atoms with Crippen LogP contribution in [0.25, 0.3) is 21.9 Å². The molecule has 1 aliphatic carbocycles. The van der Waals surface area contributed by atoms with Gasteiger partial charge < -0.3 is 15.1 Å². The minimum Gasteiger partial charge on any atom is -0.380 e. The summed E-state index contributed by atoms with van der Waals surface area (Å²) in [5.41, 5.74) is 6.52. The molecule has 0 aliphatic heterocycles. The zero-order valence-electron chi connectivity index (χ0n) is 14.4. The van der Waals surface area contributed by atoms with Gasteiger partial charge in [0.05, 0.1) is 22.7 Å². The highest BCUT2D eigenvalue weighted by atomic mass is 16.3. The third-order valence-electron chi connectivity index (χ3n) is 5.29. The molecule has 0 radical (unpaired) electrons. The van der Waals surface area contributed by atoms with Crippen LogP contribution in [0.5, 0.6) is 0 Å². The van der Waals surface area contributed by atoms with E-state index < -0.39 is 6.10 Å². The zero-order valence-corrected chi connectivity index (χ0v) is 14.4. The lowest BCUT2D eigenvalue weighted by molar-refractivity contribution is 0.212. The van der Waals surface area contributed by atoms with Gasteiger partial charge in [0.25, 0.3) is 0 Å². The Morgan fingerprint density at radius 1 is 1.27 bits per heavy atom. The predicted molar refractivity (Wildman–Crippen MR) is 99.9 cm³/mol. The van der Waals surface area contributed by atoms with Crippen molar-refractivity contribution < 1.29 is 5.11 Å². The monoisotopic (exact) mass is 342 g/mol. The van der Waals surface area contributed by atoms with Gasteiger partial charge in [-0.1, -0.05) is 6.07 Å². The Kier molecular flexibility index (Phi) is 3.18. The molecule has 2 aromatic heterocycles. The smallest absolute Gasteiger partial charge is 0.140 e. The molecule has 3 N–H and O–H groups in total. The summed E-state index contributed by atoms with van der Waals surface area (Å²) in [5, 5.41) is 21.3. The SMILES string of the molecule is Cc1cc(C2CC2)c(C(O)c2nc3ccc(C#N)cc3[nH]2)c2cc[nH]c12. The van der Waals surface area contributed by atoms with Gasteiger partial charge in [-0.25, -0.2) is 4.98 Å². The summed E-state index contributed by atoms with van der Waals surface area (Å²) in [4.78, 5) is 11.1. The molecule has 1 unspecified atom stereocenters. The Balaban J connectivity index is 1.70. The van der Waals surface area contributed by atoms with E-state index in [4.69, 9.17) is 5.26 Å². The number of nitrogens with one attached hydrogen (secondary N) is 2. The fourth-order valence-corrected chi connectivity index (χ4v) is 3.86. The second kappa shape index (κ2) is 5.45. The maximum atomic E-state index is 11.2. The molecule has 1 atom stereocenters. The molecule has 5 heteroatoms. The molecular formula is C21H18N4O. The third kappa shape index (κ3) is 2.23. The van der Waals surface area contributed by atoms with Crippen molar-refractivity contribution in [1.29, 1.82) is 5.26 Å². The molecule has 2 aromatic carbocycles. The summed E-state index contributed by atoms with van der Waals surface area (Å²) in [7, 11) is 0. The van der Waals surface area contributed by atoms with Gasteiger partial charge >= 0.3 is 0 Å². The lowest BCUT2D eigenvalue weighted by atomic mass is 9.92. The van der Waals surface area contributed by atoms with Crippen LogP contribution in [-0.4, -0.2) is 20.1 Å². The van der Waals surface area contributed by atoms with Crippen molar-refractivity contribution in [2.45, 2.75) is 31.8 Å². The number of aromatic amines is 2. The zero-order chi connectivity index (χ0) is 17.8. The number of hydrogen-bond acceptors (Lipinski definition) is 3. The van der Waals surface area contributed by atoms with Crippen molar-refractivity contribution >= 4 is 21.9 Å². The van der Waals surface area contributed by atoms with Crippen molar-refractivity contribution in [1.82, 2.24) is 15.0 Å². The summed E-state index contributed by atoms with van der Waals surface area (Å²) in [5.74, 6) is 1.04. The fraction of sp³-hybridized carbons (Fsp3) is 0.238. The Morgan fingerprint density at radius 3 is 2.88 bits per heavy atom. The molecule has 128 valence electrons. The third-order valence-corrected chi connectivity index (χ3v) is 5.29. The van der Waals surface area contributed by atoms with Crippen LogP contribution >= 0.6 is 0 Å². The van der Waals surface area contributed by atoms with Crippen LogP contribution in [-0.2, 0) is 0 Å². The summed E-state index contributed by atoms with van der Waals surface area (Å²) in [6.07, 6.45) is 3.42. The lowest BCUT2D eigenvalue weighted by Gasteiger charge is -2.17. The molecule has 0 bridgehead atoms. The number of hydrogen-bond donors (Lipinski definition) is 3. The molecule has 4 aromatic rings. The molecular weight excluding hydrogens is 324 g/mol. The summed E-state index contributed by atoms with van der Waals surface area (Å²) in [6, 6.07) is 11.7. The van der Waals surface area contributed by atoms with Crippen molar-refractivity contribution in [2.24, 2.45) is 0 Å². The molecule has 5 rings (SSSR count). The van der Waals surface area contributed by atoms with Crippen LogP contribution in [0.1, 0.15) is 52.9 Å². The number of H-pyrrole nitrogens is 2. The largest absolute Gasteiger partial charge is 0.380 e. The van der Waals surface area contributed by atoms with Gasteiger partial charge in [-0.2, -0.15) is 5.26 Å². The summed E-state index contributed by atoms with van der Waals surface area (Å²) < 4.78 is 0. The minimum absolute atomic E-state index is 0.517. The van der Waals surface area contributed by atoms with E-state index in [1.54, 1.807) is 12.1 Å². The molecule has 0 amide bonds. The number of rotatable bonds is 3. The van der Waals surface area contributed by atoms with Crippen molar-refractivity contribution in [2.75, 3.05) is 0 Å². The average molecular weight is 342 g/mol. The van der Waals surface area contributed by atoms with Crippen LogP contribution in [0.2, 0.25) is 0 Å². The number of imidazole rings is 1. The number of aliphatic hydroxyl groups excluding tert-OH is 1. The first kappa shape index (κ1) is 15.2. The van der Waals surface area contributed by atoms with Crippen LogP contribution in [0, 0.1) is 18.3 Å². The van der Waals surface area contributed by atoms with Gasteiger partial charge in [0.2, 0.25) is 0 Å². The van der Waals surface area contributed by atoms with E-state index in [1.165, 1.54) is 24.0 Å². The molecule has 1 aliphatic rings. The van der Waals surface area contributed by atoms with Gasteiger partial charge in [-0.05, 0) is 61.1 Å². The molecule has 26 heavy (non-hydrogen) atoms. The van der Waals surface area contributed by atoms with Crippen LogP contribution < -0.4 is 0 Å². The molecule has 1 fully saturated rings. The number of aromatic nitrogens is 3. The van der Waals surface area contributed by atoms with Gasteiger partial charge in [0.15, 0.2) is 0 Å². The molecule has 0 saturated heterocycles. The average Bonchev–Trinajstić information content (AvgIpc) is 3.21. The Hall–Kier alpha value is -3.10. The second-order valence-electron chi connectivity index (χ2n) is 7.11. The Bertz CT molecular complexity index is 1190. The molecule has 5 nitrogen and oxygen atoms in total. The second-order valence-corrected chi connectivity index (χ2v) is 7.11. The summed E-state index contributed by atoms with van der Waals surface area (Å²) in [6.45, 7) is 2.10. The minimum atomic E-state index is -0.831. The normalized spacial score (nSPS) is 15.4. The van der Waals surface area contributed by atoms with Gasteiger partial charge in [0, 0.05) is 22.7 Å². The highest BCUT2D eigenvalue weighted by molar-refractivity contribution is 5.88. The van der Waals surface area contributed by atoms with Crippen molar-refractivity contribution in [3.8, 4) is 6.07 Å². The Labute approximate surface area is 150 Å². The topological polar surface area (TPSA) is 88.5 Å². The Morgan fingerprint density at radius 2 is 2.12 bits per heavy atom. The van der Waals surface area contributed by atoms with E-state index in [2.05, 4.69) is 34.0 Å². The van der Waals surface area contributed by atoms with Crippen molar-refractivity contribution in [3.05, 3.63) is 64.6 Å². The fourth-order valence-electron chi connectivity index (χ4n) is 3.86. The maximum absolute atomic E-state index is 11.2. The highest BCUT2D eigenvalue weighted by Crippen LogP contribution is 2.46. The van der Waals surface area contributed by atoms with Gasteiger partial charge in [0.1, 0.15) is 11.9 Å². The number of nitrogens with zero attached hydrogens (tertiary/aromatic N) is 2. The number of benzene rings is 2. The molecule has 0 spiro atoms. The first-order valence-corrected chi connectivity index (χ1v) is 8.84. The van der Waals surface area contributed by atoms with E-state index in [1.807, 2.05) is 18.3 Å². The van der Waals surface area contributed by atoms with E-state index in [0.29, 0.717) is 17.3 Å². The van der Waals surface area contributed by atoms with Crippen LogP contribution in [0.3, 0.4) is 0 Å². The predicted octanol–water partition coefficient (Wildman–Crippen LogP) is 4.18. The van der Waals surface area contributed by atoms with Gasteiger partial charge in [-0.3, -0.25) is 0 Å². The summed E-state index contributed by atoms with van der Waals surface area (Å²) >= 11 is 0. The number of aliphatic hydroxyl groups is 1. The number of aryl methyl sites for hydroxylation is 1. The van der Waals surface area contributed by atoms with E-state index in [-0.39, 0.29) is 0 Å². The molecule has 1 saturated carbocycles. The van der Waals surface area contributed by atoms with Crippen molar-refractivity contribution in [3.63, 3.8) is 0 Å².